The maximum atomic E-state index is 11.9. The molecule has 22 heavy (non-hydrogen) atoms. The first kappa shape index (κ1) is 14.1. The number of amides is 1. The molecule has 3 fully saturated rings. The number of anilines is 1. The van der Waals surface area contributed by atoms with Gasteiger partial charge >= 0.3 is 0 Å². The lowest BCUT2D eigenvalue weighted by molar-refractivity contribution is 0.0999. The van der Waals surface area contributed by atoms with Crippen LogP contribution in [-0.4, -0.2) is 43.0 Å². The molecule has 1 amide bonds. The molecule has 0 spiro atoms. The second-order valence-electron chi connectivity index (χ2n) is 6.99. The predicted molar refractivity (Wildman–Crippen MR) is 88.4 cm³/mol. The van der Waals surface area contributed by atoms with Crippen molar-refractivity contribution in [3.63, 3.8) is 0 Å². The van der Waals surface area contributed by atoms with E-state index in [9.17, 15) is 4.79 Å². The van der Waals surface area contributed by atoms with Crippen LogP contribution in [0.15, 0.2) is 18.2 Å². The number of benzene rings is 1. The van der Waals surface area contributed by atoms with E-state index < -0.39 is 0 Å². The summed E-state index contributed by atoms with van der Waals surface area (Å²) in [6, 6.07) is 6.89. The molecule has 4 heteroatoms. The zero-order chi connectivity index (χ0) is 15.1. The number of hydrogen-bond donors (Lipinski definition) is 1. The molecular weight excluding hydrogens is 274 g/mol. The normalized spacial score (nSPS) is 23.4. The summed E-state index contributed by atoms with van der Waals surface area (Å²) in [5.74, 6) is 0.345. The van der Waals surface area contributed by atoms with Crippen molar-refractivity contribution in [2.75, 3.05) is 31.1 Å². The van der Waals surface area contributed by atoms with Crippen LogP contribution in [0.5, 0.6) is 0 Å². The third-order valence-electron chi connectivity index (χ3n) is 5.57. The Morgan fingerprint density at radius 3 is 2.32 bits per heavy atom. The highest BCUT2D eigenvalue weighted by molar-refractivity contribution is 5.99. The van der Waals surface area contributed by atoms with E-state index in [0.717, 1.165) is 37.9 Å². The number of carbonyl (C=O) groups excluding carboxylic acids is 1. The molecule has 1 aromatic rings. The third kappa shape index (κ3) is 2.50. The van der Waals surface area contributed by atoms with Crippen LogP contribution in [-0.2, 0) is 0 Å². The van der Waals surface area contributed by atoms with Gasteiger partial charge in [-0.25, -0.2) is 0 Å². The minimum Gasteiger partial charge on any atom is -0.368 e. The van der Waals surface area contributed by atoms with Crippen molar-refractivity contribution in [2.24, 2.45) is 5.73 Å². The molecule has 2 N–H and O–H groups in total. The Bertz CT molecular complexity index is 570. The Kier molecular flexibility index (Phi) is 3.57. The van der Waals surface area contributed by atoms with E-state index in [1.807, 2.05) is 12.1 Å². The number of carbonyl (C=O) groups is 1. The van der Waals surface area contributed by atoms with Gasteiger partial charge in [-0.15, -0.1) is 0 Å². The standard InChI is InChI=1S/C18H25N3O/c19-18(22)16-6-2-5-15(13-7-8-13)17(16)21-11-9-20(10-12-21)14-3-1-4-14/h2,5-6,13-14H,1,3-4,7-12H2,(H2,19,22). The van der Waals surface area contributed by atoms with Crippen molar-refractivity contribution in [3.05, 3.63) is 29.3 Å². The molecule has 1 saturated heterocycles. The Morgan fingerprint density at radius 2 is 1.77 bits per heavy atom. The van der Waals surface area contributed by atoms with Crippen LogP contribution in [0, 0.1) is 0 Å². The number of hydrogen-bond acceptors (Lipinski definition) is 3. The summed E-state index contributed by atoms with van der Waals surface area (Å²) in [5, 5.41) is 0. The molecule has 2 saturated carbocycles. The smallest absolute Gasteiger partial charge is 0.250 e. The Balaban J connectivity index is 1.57. The molecule has 1 aliphatic heterocycles. The average Bonchev–Trinajstić information content (AvgIpc) is 3.30. The van der Waals surface area contributed by atoms with Crippen LogP contribution in [0.2, 0.25) is 0 Å². The Morgan fingerprint density at radius 1 is 1.05 bits per heavy atom. The highest BCUT2D eigenvalue weighted by Crippen LogP contribution is 2.45. The SMILES string of the molecule is NC(=O)c1cccc(C2CC2)c1N1CCN(C2CCC2)CC1. The highest BCUT2D eigenvalue weighted by atomic mass is 16.1. The molecule has 0 aromatic heterocycles. The van der Waals surface area contributed by atoms with Crippen LogP contribution < -0.4 is 10.6 Å². The van der Waals surface area contributed by atoms with Crippen LogP contribution >= 0.6 is 0 Å². The van der Waals surface area contributed by atoms with Gasteiger partial charge in [-0.05, 0) is 43.2 Å². The van der Waals surface area contributed by atoms with Gasteiger partial charge in [0.2, 0.25) is 0 Å². The third-order valence-corrected chi connectivity index (χ3v) is 5.57. The predicted octanol–water partition coefficient (Wildman–Crippen LogP) is 2.34. The summed E-state index contributed by atoms with van der Waals surface area (Å²) < 4.78 is 0. The van der Waals surface area contributed by atoms with Crippen LogP contribution in [0.3, 0.4) is 0 Å². The first-order valence-corrected chi connectivity index (χ1v) is 8.66. The summed E-state index contributed by atoms with van der Waals surface area (Å²) in [7, 11) is 0. The molecule has 2 aliphatic carbocycles. The van der Waals surface area contributed by atoms with Crippen molar-refractivity contribution >= 4 is 11.6 Å². The molecule has 0 radical (unpaired) electrons. The Labute approximate surface area is 132 Å². The second kappa shape index (κ2) is 5.58. The van der Waals surface area contributed by atoms with Gasteiger partial charge in [0.1, 0.15) is 0 Å². The minimum absolute atomic E-state index is 0.293. The lowest BCUT2D eigenvalue weighted by Gasteiger charge is -2.44. The molecule has 0 atom stereocenters. The highest BCUT2D eigenvalue weighted by Gasteiger charge is 2.33. The van der Waals surface area contributed by atoms with Crippen LogP contribution in [0.4, 0.5) is 5.69 Å². The van der Waals surface area contributed by atoms with Crippen molar-refractivity contribution < 1.29 is 4.79 Å². The van der Waals surface area contributed by atoms with E-state index in [4.69, 9.17) is 5.73 Å². The lowest BCUT2D eigenvalue weighted by Crippen LogP contribution is -2.52. The quantitative estimate of drug-likeness (QED) is 0.928. The fourth-order valence-electron chi connectivity index (χ4n) is 3.90. The van der Waals surface area contributed by atoms with Gasteiger partial charge in [0.15, 0.2) is 0 Å². The average molecular weight is 299 g/mol. The van der Waals surface area contributed by atoms with E-state index in [2.05, 4.69) is 15.9 Å². The summed E-state index contributed by atoms with van der Waals surface area (Å²) in [6.45, 7) is 4.25. The molecule has 0 unspecified atom stereocenters. The summed E-state index contributed by atoms with van der Waals surface area (Å²) in [4.78, 5) is 16.9. The van der Waals surface area contributed by atoms with Gasteiger partial charge in [-0.1, -0.05) is 18.6 Å². The number of piperazine rings is 1. The van der Waals surface area contributed by atoms with E-state index >= 15 is 0 Å². The fourth-order valence-corrected chi connectivity index (χ4v) is 3.90. The zero-order valence-electron chi connectivity index (χ0n) is 13.1. The summed E-state index contributed by atoms with van der Waals surface area (Å²) in [5.41, 5.74) is 8.82. The van der Waals surface area contributed by atoms with Crippen molar-refractivity contribution in [1.29, 1.82) is 0 Å². The largest absolute Gasteiger partial charge is 0.368 e. The molecular formula is C18H25N3O. The van der Waals surface area contributed by atoms with Crippen molar-refractivity contribution in [2.45, 2.75) is 44.1 Å². The molecule has 1 heterocycles. The van der Waals surface area contributed by atoms with E-state index in [0.29, 0.717) is 11.5 Å². The number of primary amides is 1. The molecule has 1 aromatic carbocycles. The van der Waals surface area contributed by atoms with E-state index in [1.165, 1.54) is 37.7 Å². The first-order valence-electron chi connectivity index (χ1n) is 8.66. The van der Waals surface area contributed by atoms with Gasteiger partial charge < -0.3 is 10.6 Å². The maximum Gasteiger partial charge on any atom is 0.250 e. The van der Waals surface area contributed by atoms with Crippen LogP contribution in [0.25, 0.3) is 0 Å². The number of para-hydroxylation sites is 1. The van der Waals surface area contributed by atoms with Crippen molar-refractivity contribution in [1.82, 2.24) is 4.90 Å². The molecule has 4 nitrogen and oxygen atoms in total. The van der Waals surface area contributed by atoms with Gasteiger partial charge in [0.25, 0.3) is 5.91 Å². The van der Waals surface area contributed by atoms with Gasteiger partial charge in [0, 0.05) is 32.2 Å². The van der Waals surface area contributed by atoms with E-state index in [-0.39, 0.29) is 5.91 Å². The summed E-state index contributed by atoms with van der Waals surface area (Å²) in [6.07, 6.45) is 6.62. The monoisotopic (exact) mass is 299 g/mol. The summed E-state index contributed by atoms with van der Waals surface area (Å²) >= 11 is 0. The van der Waals surface area contributed by atoms with Crippen LogP contribution in [0.1, 0.15) is 53.9 Å². The lowest BCUT2D eigenvalue weighted by atomic mass is 9.91. The topological polar surface area (TPSA) is 49.6 Å². The molecule has 3 aliphatic rings. The minimum atomic E-state index is -0.293. The second-order valence-corrected chi connectivity index (χ2v) is 6.99. The number of nitrogens with zero attached hydrogens (tertiary/aromatic N) is 2. The maximum absolute atomic E-state index is 11.9. The first-order chi connectivity index (χ1) is 10.7. The van der Waals surface area contributed by atoms with Crippen molar-refractivity contribution in [3.8, 4) is 0 Å². The van der Waals surface area contributed by atoms with Gasteiger partial charge in [-0.2, -0.15) is 0 Å². The van der Waals surface area contributed by atoms with Gasteiger partial charge in [0.05, 0.1) is 11.3 Å². The molecule has 118 valence electrons. The van der Waals surface area contributed by atoms with E-state index in [1.54, 1.807) is 0 Å². The zero-order valence-corrected chi connectivity index (χ0v) is 13.1. The molecule has 4 rings (SSSR count). The number of nitrogens with two attached hydrogens (primary N) is 1. The Hall–Kier alpha value is -1.55. The van der Waals surface area contributed by atoms with Gasteiger partial charge in [-0.3, -0.25) is 9.69 Å². The number of rotatable bonds is 4. The molecule has 0 bridgehead atoms. The fraction of sp³-hybridized carbons (Fsp3) is 0.611.